The van der Waals surface area contributed by atoms with Crippen LogP contribution in [0.5, 0.6) is 0 Å². The Labute approximate surface area is 125 Å². The van der Waals surface area contributed by atoms with Gasteiger partial charge in [0.15, 0.2) is 0 Å². The van der Waals surface area contributed by atoms with Crippen LogP contribution in [0, 0.1) is 0 Å². The van der Waals surface area contributed by atoms with Gasteiger partial charge >= 0.3 is 0 Å². The Bertz CT molecular complexity index is 651. The molecule has 21 heavy (non-hydrogen) atoms. The molecule has 1 heterocycles. The SMILES string of the molecule is NCc1cccc(C(=O)N2CCCCc3ccccc32)c1. The highest BCUT2D eigenvalue weighted by molar-refractivity contribution is 6.06. The van der Waals surface area contributed by atoms with Crippen LogP contribution in [0.25, 0.3) is 0 Å². The van der Waals surface area contributed by atoms with Crippen LogP contribution in [0.4, 0.5) is 5.69 Å². The second kappa shape index (κ2) is 6.10. The molecule has 0 fully saturated rings. The lowest BCUT2D eigenvalue weighted by atomic mass is 10.1. The Kier molecular flexibility index (Phi) is 4.02. The van der Waals surface area contributed by atoms with Crippen LogP contribution in [0.3, 0.4) is 0 Å². The van der Waals surface area contributed by atoms with Crippen LogP contribution in [-0.4, -0.2) is 12.5 Å². The summed E-state index contributed by atoms with van der Waals surface area (Å²) in [4.78, 5) is 14.8. The largest absolute Gasteiger partial charge is 0.326 e. The molecule has 1 aliphatic rings. The number of amides is 1. The minimum Gasteiger partial charge on any atom is -0.326 e. The number of aryl methyl sites for hydroxylation is 1. The summed E-state index contributed by atoms with van der Waals surface area (Å²) in [6, 6.07) is 15.8. The van der Waals surface area contributed by atoms with Gasteiger partial charge in [-0.15, -0.1) is 0 Å². The van der Waals surface area contributed by atoms with E-state index in [0.29, 0.717) is 6.54 Å². The molecular weight excluding hydrogens is 260 g/mol. The third kappa shape index (κ3) is 2.83. The summed E-state index contributed by atoms with van der Waals surface area (Å²) in [6.45, 7) is 1.24. The fraction of sp³-hybridized carbons (Fsp3) is 0.278. The van der Waals surface area contributed by atoms with E-state index in [2.05, 4.69) is 6.07 Å². The normalized spacial score (nSPS) is 14.4. The predicted molar refractivity (Wildman–Crippen MR) is 85.4 cm³/mol. The summed E-state index contributed by atoms with van der Waals surface area (Å²) >= 11 is 0. The van der Waals surface area contributed by atoms with E-state index in [1.807, 2.05) is 47.4 Å². The van der Waals surface area contributed by atoms with Crippen molar-refractivity contribution in [2.24, 2.45) is 5.73 Å². The number of para-hydroxylation sites is 1. The van der Waals surface area contributed by atoms with Crippen LogP contribution in [0.1, 0.15) is 34.3 Å². The zero-order valence-electron chi connectivity index (χ0n) is 12.1. The highest BCUT2D eigenvalue weighted by Crippen LogP contribution is 2.27. The van der Waals surface area contributed by atoms with Gasteiger partial charge in [0, 0.05) is 24.3 Å². The average Bonchev–Trinajstić information content (AvgIpc) is 2.76. The van der Waals surface area contributed by atoms with Gasteiger partial charge in [0.25, 0.3) is 5.91 Å². The van der Waals surface area contributed by atoms with Gasteiger partial charge in [-0.25, -0.2) is 0 Å². The van der Waals surface area contributed by atoms with Crippen molar-refractivity contribution in [3.8, 4) is 0 Å². The smallest absolute Gasteiger partial charge is 0.258 e. The average molecular weight is 280 g/mol. The van der Waals surface area contributed by atoms with Gasteiger partial charge in [-0.2, -0.15) is 0 Å². The van der Waals surface area contributed by atoms with Crippen molar-refractivity contribution in [2.75, 3.05) is 11.4 Å². The number of nitrogens with zero attached hydrogens (tertiary/aromatic N) is 1. The lowest BCUT2D eigenvalue weighted by molar-refractivity contribution is 0.0987. The first-order chi connectivity index (χ1) is 10.3. The molecule has 0 saturated carbocycles. The summed E-state index contributed by atoms with van der Waals surface area (Å²) < 4.78 is 0. The third-order valence-corrected chi connectivity index (χ3v) is 4.02. The van der Waals surface area contributed by atoms with Gasteiger partial charge in [0.2, 0.25) is 0 Å². The van der Waals surface area contributed by atoms with Crippen LogP contribution >= 0.6 is 0 Å². The summed E-state index contributed by atoms with van der Waals surface area (Å²) in [6.07, 6.45) is 3.21. The number of carbonyl (C=O) groups is 1. The molecule has 1 aliphatic heterocycles. The summed E-state index contributed by atoms with van der Waals surface area (Å²) in [5.74, 6) is 0.0691. The van der Waals surface area contributed by atoms with Crippen LogP contribution < -0.4 is 10.6 Å². The van der Waals surface area contributed by atoms with E-state index in [-0.39, 0.29) is 5.91 Å². The zero-order valence-corrected chi connectivity index (χ0v) is 12.1. The molecule has 3 rings (SSSR count). The van der Waals surface area contributed by atoms with Crippen molar-refractivity contribution < 1.29 is 4.79 Å². The maximum absolute atomic E-state index is 12.9. The highest BCUT2D eigenvalue weighted by atomic mass is 16.2. The van der Waals surface area contributed by atoms with Crippen LogP contribution in [0.2, 0.25) is 0 Å². The minimum absolute atomic E-state index is 0.0691. The fourth-order valence-electron chi connectivity index (χ4n) is 2.89. The number of benzene rings is 2. The molecular formula is C18H20N2O. The highest BCUT2D eigenvalue weighted by Gasteiger charge is 2.22. The van der Waals surface area contributed by atoms with Gasteiger partial charge in [-0.1, -0.05) is 30.3 Å². The van der Waals surface area contributed by atoms with E-state index in [9.17, 15) is 4.79 Å². The number of nitrogens with two attached hydrogens (primary N) is 1. The lowest BCUT2D eigenvalue weighted by Gasteiger charge is -2.23. The molecule has 1 amide bonds. The van der Waals surface area contributed by atoms with Gasteiger partial charge in [-0.05, 0) is 48.6 Å². The van der Waals surface area contributed by atoms with Gasteiger partial charge in [0.1, 0.15) is 0 Å². The van der Waals surface area contributed by atoms with Crippen molar-refractivity contribution >= 4 is 11.6 Å². The van der Waals surface area contributed by atoms with Crippen molar-refractivity contribution in [1.82, 2.24) is 0 Å². The monoisotopic (exact) mass is 280 g/mol. The number of anilines is 1. The molecule has 0 saturated heterocycles. The van der Waals surface area contributed by atoms with E-state index in [4.69, 9.17) is 5.73 Å². The number of hydrogen-bond acceptors (Lipinski definition) is 2. The first-order valence-electron chi connectivity index (χ1n) is 7.48. The molecule has 0 aromatic heterocycles. The Morgan fingerprint density at radius 2 is 1.95 bits per heavy atom. The maximum Gasteiger partial charge on any atom is 0.258 e. The first kappa shape index (κ1) is 13.8. The van der Waals surface area contributed by atoms with Crippen LogP contribution in [-0.2, 0) is 13.0 Å². The van der Waals surface area contributed by atoms with E-state index in [1.54, 1.807) is 0 Å². The summed E-state index contributed by atoms with van der Waals surface area (Å²) in [5.41, 5.74) is 9.70. The Morgan fingerprint density at radius 1 is 1.10 bits per heavy atom. The van der Waals surface area contributed by atoms with Crippen LogP contribution in [0.15, 0.2) is 48.5 Å². The molecule has 3 nitrogen and oxygen atoms in total. The van der Waals surface area contributed by atoms with E-state index in [1.165, 1.54) is 5.56 Å². The quantitative estimate of drug-likeness (QED) is 0.918. The Balaban J connectivity index is 1.97. The van der Waals surface area contributed by atoms with E-state index in [0.717, 1.165) is 42.6 Å². The number of rotatable bonds is 2. The molecule has 2 aromatic rings. The van der Waals surface area contributed by atoms with Gasteiger partial charge < -0.3 is 10.6 Å². The van der Waals surface area contributed by atoms with E-state index < -0.39 is 0 Å². The number of fused-ring (bicyclic) bond motifs is 1. The standard InChI is InChI=1S/C18H20N2O/c19-13-14-6-5-9-16(12-14)18(21)20-11-4-3-8-15-7-1-2-10-17(15)20/h1-2,5-7,9-10,12H,3-4,8,11,13,19H2. The fourth-order valence-corrected chi connectivity index (χ4v) is 2.89. The molecule has 0 aliphatic carbocycles. The molecule has 0 bridgehead atoms. The zero-order chi connectivity index (χ0) is 14.7. The molecule has 0 atom stereocenters. The molecule has 3 heteroatoms. The molecule has 2 N–H and O–H groups in total. The van der Waals surface area contributed by atoms with Crippen molar-refractivity contribution in [1.29, 1.82) is 0 Å². The predicted octanol–water partition coefficient (Wildman–Crippen LogP) is 3.13. The van der Waals surface area contributed by atoms with Gasteiger partial charge in [0.05, 0.1) is 0 Å². The minimum atomic E-state index is 0.0691. The molecule has 0 spiro atoms. The summed E-state index contributed by atoms with van der Waals surface area (Å²) in [5, 5.41) is 0. The third-order valence-electron chi connectivity index (χ3n) is 4.02. The Morgan fingerprint density at radius 3 is 2.81 bits per heavy atom. The molecule has 108 valence electrons. The van der Waals surface area contributed by atoms with Gasteiger partial charge in [-0.3, -0.25) is 4.79 Å². The second-order valence-electron chi connectivity index (χ2n) is 5.45. The molecule has 0 radical (unpaired) electrons. The number of carbonyl (C=O) groups excluding carboxylic acids is 1. The van der Waals surface area contributed by atoms with Crippen molar-refractivity contribution in [3.05, 3.63) is 65.2 Å². The number of hydrogen-bond donors (Lipinski definition) is 1. The van der Waals surface area contributed by atoms with E-state index >= 15 is 0 Å². The lowest BCUT2D eigenvalue weighted by Crippen LogP contribution is -2.31. The Hall–Kier alpha value is -2.13. The van der Waals surface area contributed by atoms with Crippen molar-refractivity contribution in [2.45, 2.75) is 25.8 Å². The molecule has 2 aromatic carbocycles. The topological polar surface area (TPSA) is 46.3 Å². The second-order valence-corrected chi connectivity index (χ2v) is 5.45. The molecule has 0 unspecified atom stereocenters. The first-order valence-corrected chi connectivity index (χ1v) is 7.48. The maximum atomic E-state index is 12.9. The summed E-state index contributed by atoms with van der Waals surface area (Å²) in [7, 11) is 0. The van der Waals surface area contributed by atoms with Crippen molar-refractivity contribution in [3.63, 3.8) is 0 Å².